The zero-order valence-corrected chi connectivity index (χ0v) is 10.0. The third-order valence-electron chi connectivity index (χ3n) is 3.77. The summed E-state index contributed by atoms with van der Waals surface area (Å²) in [7, 11) is 2.42. The van der Waals surface area contributed by atoms with Crippen LogP contribution in [0.5, 0.6) is 0 Å². The first kappa shape index (κ1) is 9.70. The molecule has 1 fully saturated rings. The fourth-order valence-electron chi connectivity index (χ4n) is 2.72. The van der Waals surface area contributed by atoms with E-state index in [0.717, 1.165) is 11.2 Å². The summed E-state index contributed by atoms with van der Waals surface area (Å²) in [5, 5.41) is 1.50. The van der Waals surface area contributed by atoms with Crippen LogP contribution in [0.25, 0.3) is 0 Å². The molecular weight excluding hydrogens is 175 g/mol. The fourth-order valence-corrected chi connectivity index (χ4v) is 4.55. The molecule has 0 aromatic heterocycles. The highest BCUT2D eigenvalue weighted by molar-refractivity contribution is 8.03. The van der Waals surface area contributed by atoms with E-state index in [9.17, 15) is 0 Å². The van der Waals surface area contributed by atoms with Gasteiger partial charge in [0.2, 0.25) is 0 Å². The fraction of sp³-hybridized carbons (Fsp3) is 0.818. The summed E-state index contributed by atoms with van der Waals surface area (Å²) in [6, 6.07) is 0. The molecular formula is C11H19BS. The van der Waals surface area contributed by atoms with Crippen LogP contribution in [0.15, 0.2) is 10.5 Å². The minimum atomic E-state index is 0.596. The highest BCUT2D eigenvalue weighted by Gasteiger charge is 2.39. The predicted molar refractivity (Wildman–Crippen MR) is 64.0 cm³/mol. The van der Waals surface area contributed by atoms with Crippen molar-refractivity contribution in [3.63, 3.8) is 0 Å². The Morgan fingerprint density at radius 3 is 2.85 bits per heavy atom. The molecule has 13 heavy (non-hydrogen) atoms. The molecule has 0 aromatic carbocycles. The first-order valence-corrected chi connectivity index (χ1v) is 6.22. The molecule has 1 aliphatic heterocycles. The lowest BCUT2D eigenvalue weighted by Gasteiger charge is -2.37. The van der Waals surface area contributed by atoms with Gasteiger partial charge in [-0.1, -0.05) is 24.2 Å². The quantitative estimate of drug-likeness (QED) is 0.534. The van der Waals surface area contributed by atoms with Crippen LogP contribution in [-0.4, -0.2) is 13.1 Å². The van der Waals surface area contributed by atoms with E-state index in [1.165, 1.54) is 19.3 Å². The third kappa shape index (κ3) is 1.70. The second-order valence-electron chi connectivity index (χ2n) is 5.41. The molecule has 2 aliphatic rings. The Labute approximate surface area is 87.0 Å². The Morgan fingerprint density at radius 1 is 1.46 bits per heavy atom. The minimum Gasteiger partial charge on any atom is -0.127 e. The van der Waals surface area contributed by atoms with E-state index in [2.05, 4.69) is 40.4 Å². The van der Waals surface area contributed by atoms with Crippen LogP contribution < -0.4 is 0 Å². The third-order valence-corrected chi connectivity index (χ3v) is 5.25. The standard InChI is InChI=1S/C11H19BS/c1-7-8(2)13-10-6-11(3,12)5-4-9(7)10/h9-10H,4-6,12H2,1-3H3. The first-order chi connectivity index (χ1) is 5.99. The Kier molecular flexibility index (Phi) is 2.30. The van der Waals surface area contributed by atoms with E-state index in [1.54, 1.807) is 10.5 Å². The van der Waals surface area contributed by atoms with Crippen LogP contribution in [0.3, 0.4) is 0 Å². The zero-order valence-electron chi connectivity index (χ0n) is 9.18. The molecule has 1 aliphatic carbocycles. The number of hydrogen-bond acceptors (Lipinski definition) is 1. The van der Waals surface area contributed by atoms with Gasteiger partial charge in [0, 0.05) is 5.25 Å². The second kappa shape index (κ2) is 3.08. The van der Waals surface area contributed by atoms with Gasteiger partial charge in [-0.25, -0.2) is 0 Å². The lowest BCUT2D eigenvalue weighted by atomic mass is 9.59. The van der Waals surface area contributed by atoms with Gasteiger partial charge in [-0.15, -0.1) is 11.8 Å². The van der Waals surface area contributed by atoms with Crippen LogP contribution in [0.1, 0.15) is 40.0 Å². The topological polar surface area (TPSA) is 0 Å². The number of fused-ring (bicyclic) bond motifs is 1. The molecule has 2 heteroatoms. The van der Waals surface area contributed by atoms with Gasteiger partial charge < -0.3 is 0 Å². The van der Waals surface area contributed by atoms with Crippen molar-refractivity contribution in [1.29, 1.82) is 0 Å². The van der Waals surface area contributed by atoms with E-state index in [4.69, 9.17) is 0 Å². The van der Waals surface area contributed by atoms with Gasteiger partial charge in [0.1, 0.15) is 7.85 Å². The number of rotatable bonds is 0. The highest BCUT2D eigenvalue weighted by atomic mass is 32.2. The van der Waals surface area contributed by atoms with E-state index < -0.39 is 0 Å². The van der Waals surface area contributed by atoms with Crippen molar-refractivity contribution in [2.75, 3.05) is 0 Å². The van der Waals surface area contributed by atoms with Crippen molar-refractivity contribution in [2.45, 2.75) is 50.6 Å². The van der Waals surface area contributed by atoms with E-state index >= 15 is 0 Å². The van der Waals surface area contributed by atoms with Crippen LogP contribution in [-0.2, 0) is 0 Å². The maximum Gasteiger partial charge on any atom is 0.109 e. The van der Waals surface area contributed by atoms with Crippen LogP contribution in [0, 0.1) is 5.92 Å². The molecule has 0 radical (unpaired) electrons. The molecule has 0 amide bonds. The van der Waals surface area contributed by atoms with Crippen molar-refractivity contribution < 1.29 is 0 Å². The zero-order chi connectivity index (χ0) is 9.64. The molecule has 0 bridgehead atoms. The van der Waals surface area contributed by atoms with E-state index in [1.807, 2.05) is 0 Å². The van der Waals surface area contributed by atoms with Gasteiger partial charge in [-0.05, 0) is 37.5 Å². The Hall–Kier alpha value is 0.155. The normalized spacial score (nSPS) is 45.2. The van der Waals surface area contributed by atoms with Gasteiger partial charge >= 0.3 is 0 Å². The molecule has 0 N–H and O–H groups in total. The van der Waals surface area contributed by atoms with Crippen molar-refractivity contribution in [2.24, 2.45) is 5.92 Å². The summed E-state index contributed by atoms with van der Waals surface area (Å²) >= 11 is 2.14. The number of hydrogen-bond donors (Lipinski definition) is 0. The SMILES string of the molecule is BC1(C)CCC2C(C)=C(C)SC2C1. The predicted octanol–water partition coefficient (Wildman–Crippen LogP) is 3.01. The molecule has 0 nitrogen and oxygen atoms in total. The molecule has 0 spiro atoms. The highest BCUT2D eigenvalue weighted by Crippen LogP contribution is 2.54. The molecule has 3 atom stereocenters. The van der Waals surface area contributed by atoms with E-state index in [0.29, 0.717) is 5.31 Å². The van der Waals surface area contributed by atoms with Crippen molar-refractivity contribution >= 4 is 19.6 Å². The molecule has 0 aromatic rings. The molecule has 1 heterocycles. The molecule has 1 saturated carbocycles. The molecule has 72 valence electrons. The van der Waals surface area contributed by atoms with E-state index in [-0.39, 0.29) is 0 Å². The smallest absolute Gasteiger partial charge is 0.109 e. The Morgan fingerprint density at radius 2 is 2.15 bits per heavy atom. The second-order valence-corrected chi connectivity index (χ2v) is 6.86. The van der Waals surface area contributed by atoms with Gasteiger partial charge in [-0.2, -0.15) is 0 Å². The lowest BCUT2D eigenvalue weighted by molar-refractivity contribution is 0.350. The minimum absolute atomic E-state index is 0.596. The van der Waals surface area contributed by atoms with Crippen LogP contribution >= 0.6 is 11.8 Å². The largest absolute Gasteiger partial charge is 0.127 e. The van der Waals surface area contributed by atoms with Gasteiger partial charge in [0.25, 0.3) is 0 Å². The Bertz CT molecular complexity index is 255. The first-order valence-electron chi connectivity index (χ1n) is 5.34. The van der Waals surface area contributed by atoms with Crippen molar-refractivity contribution in [3.8, 4) is 0 Å². The molecule has 0 saturated heterocycles. The number of thioether (sulfide) groups is 1. The maximum absolute atomic E-state index is 2.42. The van der Waals surface area contributed by atoms with Crippen LogP contribution in [0.2, 0.25) is 5.31 Å². The Balaban J connectivity index is 2.13. The van der Waals surface area contributed by atoms with Gasteiger partial charge in [0.15, 0.2) is 0 Å². The number of allylic oxidation sites excluding steroid dienone is 2. The summed E-state index contributed by atoms with van der Waals surface area (Å²) in [6.07, 6.45) is 4.25. The summed E-state index contributed by atoms with van der Waals surface area (Å²) < 4.78 is 0. The summed E-state index contributed by atoms with van der Waals surface area (Å²) in [5.74, 6) is 0.915. The summed E-state index contributed by atoms with van der Waals surface area (Å²) in [4.78, 5) is 1.60. The van der Waals surface area contributed by atoms with Gasteiger partial charge in [-0.3, -0.25) is 0 Å². The molecule has 2 rings (SSSR count). The lowest BCUT2D eigenvalue weighted by Crippen LogP contribution is -2.28. The summed E-state index contributed by atoms with van der Waals surface area (Å²) in [6.45, 7) is 7.06. The monoisotopic (exact) mass is 194 g/mol. The van der Waals surface area contributed by atoms with Crippen molar-refractivity contribution in [3.05, 3.63) is 10.5 Å². The van der Waals surface area contributed by atoms with Gasteiger partial charge in [0.05, 0.1) is 0 Å². The molecule has 3 unspecified atom stereocenters. The maximum atomic E-state index is 2.42. The van der Waals surface area contributed by atoms with Crippen molar-refractivity contribution in [1.82, 2.24) is 0 Å². The summed E-state index contributed by atoms with van der Waals surface area (Å²) in [5.41, 5.74) is 1.69. The average Bonchev–Trinajstić information content (AvgIpc) is 2.25. The van der Waals surface area contributed by atoms with Crippen LogP contribution in [0.4, 0.5) is 0 Å². The average molecular weight is 194 g/mol.